The van der Waals surface area contributed by atoms with Gasteiger partial charge in [-0.05, 0) is 31.5 Å². The van der Waals surface area contributed by atoms with Crippen LogP contribution in [-0.2, 0) is 5.60 Å². The molecule has 0 unspecified atom stereocenters. The van der Waals surface area contributed by atoms with Crippen molar-refractivity contribution in [3.05, 3.63) is 42.2 Å². The van der Waals surface area contributed by atoms with Crippen LogP contribution in [0, 0.1) is 5.82 Å². The topological polar surface area (TPSA) is 50.9 Å². The highest BCUT2D eigenvalue weighted by atomic mass is 19.1. The summed E-state index contributed by atoms with van der Waals surface area (Å²) < 4.78 is 15.1. The average molecular weight is 221 g/mol. The molecule has 5 heteroatoms. The zero-order valence-corrected chi connectivity index (χ0v) is 9.05. The Morgan fingerprint density at radius 3 is 2.62 bits per heavy atom. The van der Waals surface area contributed by atoms with Gasteiger partial charge in [0, 0.05) is 0 Å². The Bertz CT molecular complexity index is 488. The van der Waals surface area contributed by atoms with E-state index in [1.54, 1.807) is 26.0 Å². The highest BCUT2D eigenvalue weighted by Crippen LogP contribution is 2.23. The van der Waals surface area contributed by atoms with Gasteiger partial charge in [0.15, 0.2) is 0 Å². The second-order valence-electron chi connectivity index (χ2n) is 4.07. The highest BCUT2D eigenvalue weighted by Gasteiger charge is 2.18. The number of aliphatic hydroxyl groups is 1. The average Bonchev–Trinajstić information content (AvgIpc) is 2.69. The molecule has 1 heterocycles. The minimum atomic E-state index is -1.05. The van der Waals surface area contributed by atoms with E-state index in [4.69, 9.17) is 0 Å². The Kier molecular flexibility index (Phi) is 2.47. The van der Waals surface area contributed by atoms with Gasteiger partial charge in [0.25, 0.3) is 0 Å². The van der Waals surface area contributed by atoms with Gasteiger partial charge >= 0.3 is 0 Å². The number of benzene rings is 1. The maximum Gasteiger partial charge on any atom is 0.149 e. The molecule has 1 N–H and O–H groups in total. The minimum Gasteiger partial charge on any atom is -0.386 e. The van der Waals surface area contributed by atoms with Crippen molar-refractivity contribution < 1.29 is 9.50 Å². The Morgan fingerprint density at radius 2 is 2.12 bits per heavy atom. The molecule has 0 saturated heterocycles. The van der Waals surface area contributed by atoms with Crippen LogP contribution in [-0.4, -0.2) is 19.9 Å². The van der Waals surface area contributed by atoms with Gasteiger partial charge in [-0.15, -0.1) is 0 Å². The molecule has 0 atom stereocenters. The molecule has 0 radical (unpaired) electrons. The lowest BCUT2D eigenvalue weighted by Crippen LogP contribution is -2.16. The zero-order valence-electron chi connectivity index (χ0n) is 9.05. The largest absolute Gasteiger partial charge is 0.386 e. The summed E-state index contributed by atoms with van der Waals surface area (Å²) in [7, 11) is 0. The molecule has 0 aliphatic rings. The first kappa shape index (κ1) is 10.8. The zero-order chi connectivity index (χ0) is 11.8. The summed E-state index contributed by atoms with van der Waals surface area (Å²) in [6.45, 7) is 3.22. The van der Waals surface area contributed by atoms with Crippen LogP contribution in [0.2, 0.25) is 0 Å². The van der Waals surface area contributed by atoms with E-state index in [2.05, 4.69) is 10.1 Å². The maximum absolute atomic E-state index is 13.7. The minimum absolute atomic E-state index is 0.311. The van der Waals surface area contributed by atoms with Crippen LogP contribution in [0.15, 0.2) is 30.9 Å². The Morgan fingerprint density at radius 1 is 1.38 bits per heavy atom. The fraction of sp³-hybridized carbons (Fsp3) is 0.273. The van der Waals surface area contributed by atoms with Crippen LogP contribution in [0.25, 0.3) is 5.69 Å². The van der Waals surface area contributed by atoms with E-state index < -0.39 is 11.4 Å². The monoisotopic (exact) mass is 221 g/mol. The molecule has 0 aliphatic carbocycles. The van der Waals surface area contributed by atoms with Gasteiger partial charge in [0.05, 0.1) is 5.60 Å². The molecule has 0 bridgehead atoms. The van der Waals surface area contributed by atoms with Crippen LogP contribution < -0.4 is 0 Å². The normalized spacial score (nSPS) is 11.8. The molecule has 2 aromatic rings. The maximum atomic E-state index is 13.7. The van der Waals surface area contributed by atoms with Crippen LogP contribution in [0.3, 0.4) is 0 Å². The molecule has 0 saturated carbocycles. The summed E-state index contributed by atoms with van der Waals surface area (Å²) in [5.74, 6) is -0.440. The first-order valence-corrected chi connectivity index (χ1v) is 4.86. The number of hydrogen-bond donors (Lipinski definition) is 1. The number of hydrogen-bond acceptors (Lipinski definition) is 3. The fourth-order valence-electron chi connectivity index (χ4n) is 1.41. The van der Waals surface area contributed by atoms with Gasteiger partial charge in [-0.1, -0.05) is 6.07 Å². The van der Waals surface area contributed by atoms with Gasteiger partial charge in [-0.2, -0.15) is 5.10 Å². The predicted octanol–water partition coefficient (Wildman–Crippen LogP) is 1.63. The smallest absolute Gasteiger partial charge is 0.149 e. The summed E-state index contributed by atoms with van der Waals surface area (Å²) in [6.07, 6.45) is 2.76. The van der Waals surface area contributed by atoms with Crippen LogP contribution >= 0.6 is 0 Å². The molecule has 0 amide bonds. The fourth-order valence-corrected chi connectivity index (χ4v) is 1.41. The molecule has 0 fully saturated rings. The number of rotatable bonds is 2. The quantitative estimate of drug-likeness (QED) is 0.838. The molecular formula is C11H12FN3O. The third-order valence-corrected chi connectivity index (χ3v) is 2.32. The van der Waals surface area contributed by atoms with E-state index in [1.165, 1.54) is 23.4 Å². The second kappa shape index (κ2) is 3.68. The van der Waals surface area contributed by atoms with Crippen molar-refractivity contribution in [2.24, 2.45) is 0 Å². The Hall–Kier alpha value is -1.75. The molecule has 0 spiro atoms. The SMILES string of the molecule is CC(C)(O)c1ccc(-n2cncn2)c(F)c1. The first-order valence-electron chi connectivity index (χ1n) is 4.86. The van der Waals surface area contributed by atoms with Gasteiger partial charge in [-0.25, -0.2) is 14.1 Å². The lowest BCUT2D eigenvalue weighted by Gasteiger charge is -2.18. The molecule has 2 rings (SSSR count). The van der Waals surface area contributed by atoms with E-state index in [-0.39, 0.29) is 0 Å². The lowest BCUT2D eigenvalue weighted by molar-refractivity contribution is 0.0782. The van der Waals surface area contributed by atoms with Crippen molar-refractivity contribution in [1.82, 2.24) is 14.8 Å². The van der Waals surface area contributed by atoms with E-state index in [1.807, 2.05) is 0 Å². The van der Waals surface area contributed by atoms with Crippen molar-refractivity contribution in [2.75, 3.05) is 0 Å². The summed E-state index contributed by atoms with van der Waals surface area (Å²) in [5, 5.41) is 13.6. The second-order valence-corrected chi connectivity index (χ2v) is 4.07. The number of halogens is 1. The van der Waals surface area contributed by atoms with Crippen LogP contribution in [0.5, 0.6) is 0 Å². The number of nitrogens with zero attached hydrogens (tertiary/aromatic N) is 3. The first-order chi connectivity index (χ1) is 7.48. The summed E-state index contributed by atoms with van der Waals surface area (Å²) in [6, 6.07) is 4.54. The summed E-state index contributed by atoms with van der Waals surface area (Å²) >= 11 is 0. The summed E-state index contributed by atoms with van der Waals surface area (Å²) in [4.78, 5) is 3.75. The standard InChI is InChI=1S/C11H12FN3O/c1-11(2,16)8-3-4-10(9(12)5-8)15-7-13-6-14-15/h3-7,16H,1-2H3. The molecule has 1 aromatic carbocycles. The van der Waals surface area contributed by atoms with Gasteiger partial charge in [0.1, 0.15) is 24.2 Å². The van der Waals surface area contributed by atoms with Crippen molar-refractivity contribution in [3.8, 4) is 5.69 Å². The molecule has 0 aliphatic heterocycles. The van der Waals surface area contributed by atoms with Gasteiger partial charge < -0.3 is 5.11 Å². The van der Waals surface area contributed by atoms with Crippen molar-refractivity contribution in [2.45, 2.75) is 19.4 Å². The third kappa shape index (κ3) is 1.94. The van der Waals surface area contributed by atoms with Crippen LogP contribution in [0.1, 0.15) is 19.4 Å². The van der Waals surface area contributed by atoms with Crippen molar-refractivity contribution >= 4 is 0 Å². The molecule has 84 valence electrons. The molecule has 16 heavy (non-hydrogen) atoms. The Labute approximate surface area is 92.4 Å². The van der Waals surface area contributed by atoms with Gasteiger partial charge in [-0.3, -0.25) is 0 Å². The lowest BCUT2D eigenvalue weighted by atomic mass is 9.98. The van der Waals surface area contributed by atoms with E-state index in [0.29, 0.717) is 11.3 Å². The number of aromatic nitrogens is 3. The van der Waals surface area contributed by atoms with E-state index in [9.17, 15) is 9.50 Å². The van der Waals surface area contributed by atoms with E-state index >= 15 is 0 Å². The van der Waals surface area contributed by atoms with Gasteiger partial charge in [0.2, 0.25) is 0 Å². The predicted molar refractivity (Wildman–Crippen MR) is 56.6 cm³/mol. The van der Waals surface area contributed by atoms with Crippen molar-refractivity contribution in [3.63, 3.8) is 0 Å². The Balaban J connectivity index is 2.46. The van der Waals surface area contributed by atoms with Crippen molar-refractivity contribution in [1.29, 1.82) is 0 Å². The summed E-state index contributed by atoms with van der Waals surface area (Å²) in [5.41, 5.74) is -0.221. The third-order valence-electron chi connectivity index (χ3n) is 2.32. The molecular weight excluding hydrogens is 209 g/mol. The highest BCUT2D eigenvalue weighted by molar-refractivity contribution is 5.37. The van der Waals surface area contributed by atoms with Crippen LogP contribution in [0.4, 0.5) is 4.39 Å². The molecule has 1 aromatic heterocycles. The van der Waals surface area contributed by atoms with E-state index in [0.717, 1.165) is 0 Å². The molecule has 4 nitrogen and oxygen atoms in total.